The van der Waals surface area contributed by atoms with E-state index in [9.17, 15) is 0 Å². The first-order chi connectivity index (χ1) is 9.52. The predicted octanol–water partition coefficient (Wildman–Crippen LogP) is 3.62. The third-order valence-electron chi connectivity index (χ3n) is 3.80. The van der Waals surface area contributed by atoms with Crippen LogP contribution in [-0.4, -0.2) is 11.5 Å². The molecular formula is C17H23N3. The van der Waals surface area contributed by atoms with Gasteiger partial charge < -0.3 is 10.6 Å². The minimum absolute atomic E-state index is 0.788. The van der Waals surface area contributed by atoms with Gasteiger partial charge in [0.2, 0.25) is 0 Å². The fourth-order valence-electron chi connectivity index (χ4n) is 2.27. The summed E-state index contributed by atoms with van der Waals surface area (Å²) in [5, 5.41) is 0. The Morgan fingerprint density at radius 2 is 1.75 bits per heavy atom. The minimum Gasteiger partial charge on any atom is -0.398 e. The van der Waals surface area contributed by atoms with Gasteiger partial charge in [0.25, 0.3) is 0 Å². The van der Waals surface area contributed by atoms with Crippen molar-refractivity contribution in [2.24, 2.45) is 0 Å². The molecule has 0 fully saturated rings. The molecule has 0 saturated carbocycles. The number of nitrogens with zero attached hydrogens (tertiary/aromatic N) is 2. The maximum absolute atomic E-state index is 6.10. The van der Waals surface area contributed by atoms with E-state index in [0.717, 1.165) is 35.6 Å². The zero-order chi connectivity index (χ0) is 14.7. The minimum atomic E-state index is 0.788. The molecule has 1 aromatic carbocycles. The van der Waals surface area contributed by atoms with Crippen LogP contribution in [0.15, 0.2) is 30.5 Å². The van der Waals surface area contributed by atoms with E-state index in [4.69, 9.17) is 5.73 Å². The molecule has 0 aliphatic heterocycles. The van der Waals surface area contributed by atoms with Crippen LogP contribution in [0.3, 0.4) is 0 Å². The molecule has 0 aliphatic rings. The molecule has 0 spiro atoms. The molecule has 0 aliphatic carbocycles. The van der Waals surface area contributed by atoms with Gasteiger partial charge >= 0.3 is 0 Å². The van der Waals surface area contributed by atoms with E-state index in [0.29, 0.717) is 0 Å². The Hall–Kier alpha value is -2.03. The molecule has 0 radical (unpaired) electrons. The van der Waals surface area contributed by atoms with Crippen molar-refractivity contribution in [3.05, 3.63) is 52.8 Å². The number of nitrogen functional groups attached to an aromatic ring is 1. The quantitative estimate of drug-likeness (QED) is 0.922. The Balaban J connectivity index is 2.27. The Labute approximate surface area is 121 Å². The molecule has 0 bridgehead atoms. The summed E-state index contributed by atoms with van der Waals surface area (Å²) < 4.78 is 0. The molecule has 1 heterocycles. The van der Waals surface area contributed by atoms with Crippen LogP contribution in [0.25, 0.3) is 0 Å². The monoisotopic (exact) mass is 269 g/mol. The smallest absolute Gasteiger partial charge is 0.0646 e. The summed E-state index contributed by atoms with van der Waals surface area (Å²) in [6.07, 6.45) is 1.86. The van der Waals surface area contributed by atoms with E-state index in [1.165, 1.54) is 11.3 Å². The predicted molar refractivity (Wildman–Crippen MR) is 86.0 cm³/mol. The van der Waals surface area contributed by atoms with Gasteiger partial charge in [-0.1, -0.05) is 17.7 Å². The molecule has 3 heteroatoms. The molecule has 3 nitrogen and oxygen atoms in total. The second-order valence-electron chi connectivity index (χ2n) is 5.28. The number of nitrogens with two attached hydrogens (primary N) is 1. The van der Waals surface area contributed by atoms with Crippen LogP contribution in [0, 0.1) is 20.8 Å². The molecule has 2 aromatic rings. The first kappa shape index (κ1) is 14.4. The third kappa shape index (κ3) is 2.93. The zero-order valence-corrected chi connectivity index (χ0v) is 12.8. The summed E-state index contributed by atoms with van der Waals surface area (Å²) in [5.41, 5.74) is 12.6. The summed E-state index contributed by atoms with van der Waals surface area (Å²) in [6.45, 7) is 10.0. The second-order valence-corrected chi connectivity index (χ2v) is 5.28. The highest BCUT2D eigenvalue weighted by Gasteiger charge is 2.11. The zero-order valence-electron chi connectivity index (χ0n) is 12.8. The average Bonchev–Trinajstić information content (AvgIpc) is 2.45. The van der Waals surface area contributed by atoms with Gasteiger partial charge in [0.1, 0.15) is 0 Å². The lowest BCUT2D eigenvalue weighted by molar-refractivity contribution is 0.803. The number of hydrogen-bond acceptors (Lipinski definition) is 3. The molecular weight excluding hydrogens is 246 g/mol. The van der Waals surface area contributed by atoms with Crippen molar-refractivity contribution >= 4 is 11.4 Å². The van der Waals surface area contributed by atoms with Gasteiger partial charge in [0.15, 0.2) is 0 Å². The summed E-state index contributed by atoms with van der Waals surface area (Å²) >= 11 is 0. The number of pyridine rings is 1. The molecule has 1 aromatic heterocycles. The standard InChI is InChI=1S/C17H23N3/c1-5-20(15-8-6-12(2)7-9-15)11-16-14(4)17(18)13(3)10-19-16/h6-10H,5,11H2,1-4H3,(H2,18,19). The molecule has 0 unspecified atom stereocenters. The van der Waals surface area contributed by atoms with Gasteiger partial charge in [-0.2, -0.15) is 0 Å². The summed E-state index contributed by atoms with van der Waals surface area (Å²) in [6, 6.07) is 8.60. The highest BCUT2D eigenvalue weighted by molar-refractivity contribution is 5.55. The van der Waals surface area contributed by atoms with E-state index in [-0.39, 0.29) is 0 Å². The summed E-state index contributed by atoms with van der Waals surface area (Å²) in [5.74, 6) is 0. The van der Waals surface area contributed by atoms with E-state index in [2.05, 4.69) is 48.0 Å². The van der Waals surface area contributed by atoms with Gasteiger partial charge in [0, 0.05) is 24.1 Å². The van der Waals surface area contributed by atoms with Gasteiger partial charge in [-0.3, -0.25) is 4.98 Å². The van der Waals surface area contributed by atoms with Gasteiger partial charge in [-0.15, -0.1) is 0 Å². The van der Waals surface area contributed by atoms with Crippen molar-refractivity contribution in [2.45, 2.75) is 34.2 Å². The van der Waals surface area contributed by atoms with Crippen molar-refractivity contribution in [1.82, 2.24) is 4.98 Å². The number of anilines is 2. The number of aromatic nitrogens is 1. The molecule has 0 amide bonds. The second kappa shape index (κ2) is 5.95. The van der Waals surface area contributed by atoms with E-state index < -0.39 is 0 Å². The first-order valence-electron chi connectivity index (χ1n) is 7.05. The van der Waals surface area contributed by atoms with Crippen LogP contribution in [-0.2, 0) is 6.54 Å². The Kier molecular flexibility index (Phi) is 4.28. The summed E-state index contributed by atoms with van der Waals surface area (Å²) in [4.78, 5) is 6.86. The largest absolute Gasteiger partial charge is 0.398 e. The SMILES string of the molecule is CCN(Cc1ncc(C)c(N)c1C)c1ccc(C)cc1. The Morgan fingerprint density at radius 1 is 1.10 bits per heavy atom. The number of hydrogen-bond donors (Lipinski definition) is 1. The number of rotatable bonds is 4. The summed E-state index contributed by atoms with van der Waals surface area (Å²) in [7, 11) is 0. The van der Waals surface area contributed by atoms with Crippen LogP contribution in [0.5, 0.6) is 0 Å². The molecule has 106 valence electrons. The highest BCUT2D eigenvalue weighted by atomic mass is 15.1. The van der Waals surface area contributed by atoms with E-state index in [1.54, 1.807) is 0 Å². The van der Waals surface area contributed by atoms with Crippen molar-refractivity contribution < 1.29 is 0 Å². The normalized spacial score (nSPS) is 10.6. The topological polar surface area (TPSA) is 42.2 Å². The van der Waals surface area contributed by atoms with Gasteiger partial charge in [-0.05, 0) is 51.0 Å². The maximum atomic E-state index is 6.10. The van der Waals surface area contributed by atoms with Crippen molar-refractivity contribution in [3.63, 3.8) is 0 Å². The van der Waals surface area contributed by atoms with Crippen LogP contribution in [0.2, 0.25) is 0 Å². The molecule has 0 saturated heterocycles. The average molecular weight is 269 g/mol. The molecule has 0 atom stereocenters. The van der Waals surface area contributed by atoms with E-state index in [1.807, 2.05) is 20.0 Å². The fourth-order valence-corrected chi connectivity index (χ4v) is 2.27. The van der Waals surface area contributed by atoms with Gasteiger partial charge in [-0.25, -0.2) is 0 Å². The van der Waals surface area contributed by atoms with Crippen LogP contribution >= 0.6 is 0 Å². The molecule has 2 rings (SSSR count). The number of aryl methyl sites for hydroxylation is 2. The molecule has 20 heavy (non-hydrogen) atoms. The molecule has 2 N–H and O–H groups in total. The lowest BCUT2D eigenvalue weighted by Gasteiger charge is -2.24. The lowest BCUT2D eigenvalue weighted by Crippen LogP contribution is -2.23. The Bertz CT molecular complexity index is 588. The van der Waals surface area contributed by atoms with Crippen molar-refractivity contribution in [1.29, 1.82) is 0 Å². The fraction of sp³-hybridized carbons (Fsp3) is 0.353. The highest BCUT2D eigenvalue weighted by Crippen LogP contribution is 2.22. The number of benzene rings is 1. The van der Waals surface area contributed by atoms with E-state index >= 15 is 0 Å². The lowest BCUT2D eigenvalue weighted by atomic mass is 10.1. The Morgan fingerprint density at radius 3 is 2.35 bits per heavy atom. The van der Waals surface area contributed by atoms with Crippen molar-refractivity contribution in [2.75, 3.05) is 17.2 Å². The first-order valence-corrected chi connectivity index (χ1v) is 7.05. The van der Waals surface area contributed by atoms with Crippen molar-refractivity contribution in [3.8, 4) is 0 Å². The van der Waals surface area contributed by atoms with Crippen LogP contribution in [0.1, 0.15) is 29.3 Å². The van der Waals surface area contributed by atoms with Crippen LogP contribution < -0.4 is 10.6 Å². The maximum Gasteiger partial charge on any atom is 0.0646 e. The van der Waals surface area contributed by atoms with Gasteiger partial charge in [0.05, 0.1) is 12.2 Å². The van der Waals surface area contributed by atoms with Crippen LogP contribution in [0.4, 0.5) is 11.4 Å². The third-order valence-corrected chi connectivity index (χ3v) is 3.80.